The smallest absolute Gasteiger partial charge is 0.387 e. The Hall–Kier alpha value is -2.13. The molecule has 1 aliphatic rings. The molecule has 1 aromatic rings. The van der Waals surface area contributed by atoms with Crippen molar-refractivity contribution in [1.82, 2.24) is 20.4 Å². The Morgan fingerprint density at radius 2 is 1.90 bits per heavy atom. The van der Waals surface area contributed by atoms with E-state index in [0.29, 0.717) is 30.4 Å². The first-order chi connectivity index (χ1) is 15.0. The molecule has 1 aliphatic heterocycles. The van der Waals surface area contributed by atoms with E-state index in [1.807, 2.05) is 6.92 Å². The zero-order valence-corrected chi connectivity index (χ0v) is 19.0. The number of alkyl halides is 2. The number of likely N-dealkylation sites (N-methyl/N-ethyl adjacent to an activating group) is 1. The van der Waals surface area contributed by atoms with E-state index in [4.69, 9.17) is 9.47 Å². The van der Waals surface area contributed by atoms with Gasteiger partial charge in [-0.2, -0.15) is 8.78 Å². The van der Waals surface area contributed by atoms with Crippen molar-refractivity contribution in [3.05, 3.63) is 23.8 Å². The van der Waals surface area contributed by atoms with Gasteiger partial charge in [0.05, 0.1) is 13.2 Å². The molecule has 7 nitrogen and oxygen atoms in total. The second-order valence-electron chi connectivity index (χ2n) is 7.53. The summed E-state index contributed by atoms with van der Waals surface area (Å²) < 4.78 is 35.9. The molecule has 1 fully saturated rings. The number of guanidine groups is 1. The number of halogens is 2. The monoisotopic (exact) mass is 441 g/mol. The third-order valence-corrected chi connectivity index (χ3v) is 5.11. The second-order valence-corrected chi connectivity index (χ2v) is 7.53. The van der Waals surface area contributed by atoms with E-state index in [-0.39, 0.29) is 12.3 Å². The number of aliphatic imine (C=N–C) groups is 1. The first-order valence-corrected chi connectivity index (χ1v) is 11.2. The van der Waals surface area contributed by atoms with Gasteiger partial charge in [-0.25, -0.2) is 4.99 Å². The number of nitrogens with one attached hydrogen (secondary N) is 2. The van der Waals surface area contributed by atoms with Crippen LogP contribution in [0.1, 0.15) is 32.3 Å². The molecule has 0 atom stereocenters. The first-order valence-electron chi connectivity index (χ1n) is 11.2. The molecule has 0 radical (unpaired) electrons. The Kier molecular flexibility index (Phi) is 11.4. The minimum Gasteiger partial charge on any atom is -0.490 e. The van der Waals surface area contributed by atoms with Gasteiger partial charge in [0.15, 0.2) is 17.5 Å². The van der Waals surface area contributed by atoms with Crippen LogP contribution in [0.15, 0.2) is 23.2 Å². The Morgan fingerprint density at radius 3 is 2.58 bits per heavy atom. The Bertz CT molecular complexity index is 667. The number of benzene rings is 1. The minimum absolute atomic E-state index is 0.0473. The van der Waals surface area contributed by atoms with Crippen LogP contribution < -0.4 is 20.1 Å². The number of ether oxygens (including phenoxy) is 2. The lowest BCUT2D eigenvalue weighted by Crippen LogP contribution is -2.44. The van der Waals surface area contributed by atoms with E-state index in [1.54, 1.807) is 25.1 Å². The van der Waals surface area contributed by atoms with Crippen LogP contribution in [0.2, 0.25) is 0 Å². The highest BCUT2D eigenvalue weighted by molar-refractivity contribution is 5.79. The molecule has 0 saturated carbocycles. The SMILES string of the molecule is CCNC(=NCc1cccc(OCC)c1OC(F)F)NCCCCN1CCN(C)CC1. The zero-order valence-electron chi connectivity index (χ0n) is 19.0. The molecule has 1 saturated heterocycles. The summed E-state index contributed by atoms with van der Waals surface area (Å²) in [6.07, 6.45) is 2.16. The van der Waals surface area contributed by atoms with Gasteiger partial charge < -0.3 is 29.9 Å². The predicted octanol–water partition coefficient (Wildman–Crippen LogP) is 2.77. The Morgan fingerprint density at radius 1 is 1.13 bits per heavy atom. The summed E-state index contributed by atoms with van der Waals surface area (Å²) in [5.74, 6) is 1.01. The Balaban J connectivity index is 1.86. The summed E-state index contributed by atoms with van der Waals surface area (Å²) in [5.41, 5.74) is 0.554. The lowest BCUT2D eigenvalue weighted by atomic mass is 10.2. The van der Waals surface area contributed by atoms with E-state index >= 15 is 0 Å². The topological polar surface area (TPSA) is 61.4 Å². The van der Waals surface area contributed by atoms with E-state index in [0.717, 1.165) is 52.1 Å². The van der Waals surface area contributed by atoms with Gasteiger partial charge in [-0.05, 0) is 46.3 Å². The average molecular weight is 442 g/mol. The van der Waals surface area contributed by atoms with Crippen molar-refractivity contribution in [1.29, 1.82) is 0 Å². The number of rotatable bonds is 12. The lowest BCUT2D eigenvalue weighted by molar-refractivity contribution is -0.0520. The molecule has 9 heteroatoms. The molecule has 176 valence electrons. The average Bonchev–Trinajstić information content (AvgIpc) is 2.74. The number of hydrogen-bond acceptors (Lipinski definition) is 5. The van der Waals surface area contributed by atoms with E-state index in [9.17, 15) is 8.78 Å². The van der Waals surface area contributed by atoms with Gasteiger partial charge in [0, 0.05) is 44.8 Å². The van der Waals surface area contributed by atoms with Gasteiger partial charge in [0.1, 0.15) is 0 Å². The van der Waals surface area contributed by atoms with E-state index in [1.165, 1.54) is 0 Å². The van der Waals surface area contributed by atoms with Gasteiger partial charge in [0.2, 0.25) is 0 Å². The number of hydrogen-bond donors (Lipinski definition) is 2. The number of unbranched alkanes of at least 4 members (excludes halogenated alkanes) is 1. The summed E-state index contributed by atoms with van der Waals surface area (Å²) in [7, 11) is 2.17. The molecule has 0 spiro atoms. The van der Waals surface area contributed by atoms with Crippen LogP contribution in [0, 0.1) is 0 Å². The quantitative estimate of drug-likeness (QED) is 0.296. The molecule has 0 amide bonds. The van der Waals surface area contributed by atoms with Crippen LogP contribution in [0.5, 0.6) is 11.5 Å². The summed E-state index contributed by atoms with van der Waals surface area (Å²) in [4.78, 5) is 9.42. The molecular formula is C22H37F2N5O2. The lowest BCUT2D eigenvalue weighted by Gasteiger charge is -2.32. The van der Waals surface area contributed by atoms with Crippen LogP contribution in [0.4, 0.5) is 8.78 Å². The first kappa shape index (κ1) is 25.1. The van der Waals surface area contributed by atoms with Gasteiger partial charge in [0.25, 0.3) is 0 Å². The van der Waals surface area contributed by atoms with Crippen LogP contribution in [0.3, 0.4) is 0 Å². The number of nitrogens with zero attached hydrogens (tertiary/aromatic N) is 3. The Labute approximate surface area is 184 Å². The van der Waals surface area contributed by atoms with Gasteiger partial charge in [-0.15, -0.1) is 0 Å². The predicted molar refractivity (Wildman–Crippen MR) is 120 cm³/mol. The molecule has 2 rings (SSSR count). The second kappa shape index (κ2) is 14.0. The fourth-order valence-corrected chi connectivity index (χ4v) is 3.42. The van der Waals surface area contributed by atoms with Gasteiger partial charge >= 0.3 is 6.61 Å². The normalized spacial score (nSPS) is 15.9. The summed E-state index contributed by atoms with van der Waals surface area (Å²) in [6.45, 7) is 8.62. The van der Waals surface area contributed by atoms with Crippen molar-refractivity contribution in [2.24, 2.45) is 4.99 Å². The fraction of sp³-hybridized carbons (Fsp3) is 0.682. The molecule has 2 N–H and O–H groups in total. The van der Waals surface area contributed by atoms with Gasteiger partial charge in [-0.3, -0.25) is 0 Å². The molecule has 1 aromatic carbocycles. The highest BCUT2D eigenvalue weighted by atomic mass is 19.3. The van der Waals surface area contributed by atoms with Crippen LogP contribution in [-0.4, -0.2) is 81.8 Å². The standard InChI is InChI=1S/C22H37F2N5O2/c1-4-25-22(26-11-6-7-12-29-15-13-28(3)14-16-29)27-17-18-9-8-10-19(30-5-2)20(18)31-21(23)24/h8-10,21H,4-7,11-17H2,1-3H3,(H2,25,26,27). The fourth-order valence-electron chi connectivity index (χ4n) is 3.42. The van der Waals surface area contributed by atoms with Crippen molar-refractivity contribution in [3.63, 3.8) is 0 Å². The minimum atomic E-state index is -2.92. The summed E-state index contributed by atoms with van der Waals surface area (Å²) in [6, 6.07) is 5.11. The molecular weight excluding hydrogens is 404 g/mol. The van der Waals surface area contributed by atoms with Crippen LogP contribution in [-0.2, 0) is 6.54 Å². The van der Waals surface area contributed by atoms with E-state index < -0.39 is 6.61 Å². The van der Waals surface area contributed by atoms with Crippen LogP contribution in [0.25, 0.3) is 0 Å². The van der Waals surface area contributed by atoms with E-state index in [2.05, 4.69) is 32.5 Å². The molecule has 31 heavy (non-hydrogen) atoms. The number of piperazine rings is 1. The summed E-state index contributed by atoms with van der Waals surface area (Å²) >= 11 is 0. The van der Waals surface area contributed by atoms with Crippen LogP contribution >= 0.6 is 0 Å². The van der Waals surface area contributed by atoms with Crippen molar-refractivity contribution < 1.29 is 18.3 Å². The largest absolute Gasteiger partial charge is 0.490 e. The maximum absolute atomic E-state index is 12.9. The van der Waals surface area contributed by atoms with Crippen molar-refractivity contribution in [3.8, 4) is 11.5 Å². The maximum Gasteiger partial charge on any atom is 0.387 e. The summed E-state index contributed by atoms with van der Waals surface area (Å²) in [5, 5.41) is 6.53. The number of para-hydroxylation sites is 1. The molecule has 0 unspecified atom stereocenters. The van der Waals surface area contributed by atoms with Crippen molar-refractivity contribution in [2.45, 2.75) is 39.8 Å². The molecule has 0 aromatic heterocycles. The highest BCUT2D eigenvalue weighted by Crippen LogP contribution is 2.33. The highest BCUT2D eigenvalue weighted by Gasteiger charge is 2.16. The van der Waals surface area contributed by atoms with Crippen molar-refractivity contribution in [2.75, 3.05) is 59.5 Å². The molecule has 0 aliphatic carbocycles. The third kappa shape index (κ3) is 9.26. The maximum atomic E-state index is 12.9. The molecule has 1 heterocycles. The third-order valence-electron chi connectivity index (χ3n) is 5.11. The van der Waals surface area contributed by atoms with Crippen molar-refractivity contribution >= 4 is 5.96 Å². The molecule has 0 bridgehead atoms. The van der Waals surface area contributed by atoms with Gasteiger partial charge in [-0.1, -0.05) is 12.1 Å². The zero-order chi connectivity index (χ0) is 22.5.